The molecule has 0 aliphatic carbocycles. The van der Waals surface area contributed by atoms with E-state index in [1.54, 1.807) is 0 Å². The number of carboxylic acid groups (broad SMARTS) is 1. The Kier molecular flexibility index (Phi) is 4.97. The van der Waals surface area contributed by atoms with Gasteiger partial charge in [0.15, 0.2) is 0 Å². The molecule has 0 aliphatic heterocycles. The summed E-state index contributed by atoms with van der Waals surface area (Å²) in [6.45, 7) is 4.72. The molecule has 0 amide bonds. The number of carboxylic acids is 1. The Morgan fingerprint density at radius 2 is 2.24 bits per heavy atom. The molecule has 4 nitrogen and oxygen atoms in total. The summed E-state index contributed by atoms with van der Waals surface area (Å²) in [5.74, 6) is -0.952. The number of para-hydroxylation sites is 1. The maximum absolute atomic E-state index is 10.6. The third-order valence-electron chi connectivity index (χ3n) is 2.81. The van der Waals surface area contributed by atoms with Gasteiger partial charge in [-0.15, -0.1) is 0 Å². The lowest BCUT2D eigenvalue weighted by molar-refractivity contribution is -0.138. The minimum Gasteiger partial charge on any atom is -0.480 e. The summed E-state index contributed by atoms with van der Waals surface area (Å²) in [5.41, 5.74) is 8.97. The van der Waals surface area contributed by atoms with Gasteiger partial charge >= 0.3 is 5.97 Å². The van der Waals surface area contributed by atoms with Crippen LogP contribution >= 0.6 is 0 Å². The van der Waals surface area contributed by atoms with Gasteiger partial charge in [0, 0.05) is 12.2 Å². The van der Waals surface area contributed by atoms with Gasteiger partial charge in [0.05, 0.1) is 0 Å². The monoisotopic (exact) mass is 236 g/mol. The van der Waals surface area contributed by atoms with Crippen molar-refractivity contribution in [3.63, 3.8) is 0 Å². The van der Waals surface area contributed by atoms with Crippen LogP contribution in [0.3, 0.4) is 0 Å². The largest absolute Gasteiger partial charge is 0.480 e. The van der Waals surface area contributed by atoms with E-state index in [0.29, 0.717) is 13.0 Å². The molecule has 0 radical (unpaired) electrons. The second-order valence-corrected chi connectivity index (χ2v) is 4.12. The molecule has 0 saturated carbocycles. The molecule has 0 heterocycles. The maximum Gasteiger partial charge on any atom is 0.320 e. The van der Waals surface area contributed by atoms with Gasteiger partial charge in [0.2, 0.25) is 0 Å². The van der Waals surface area contributed by atoms with Crippen LogP contribution < -0.4 is 11.1 Å². The second-order valence-electron chi connectivity index (χ2n) is 4.12. The molecule has 0 fully saturated rings. The number of nitrogens with one attached hydrogen (secondary N) is 1. The van der Waals surface area contributed by atoms with Gasteiger partial charge in [0.1, 0.15) is 6.04 Å². The number of hydrogen-bond donors (Lipinski definition) is 3. The summed E-state index contributed by atoms with van der Waals surface area (Å²) in [6.07, 6.45) is 1.38. The van der Waals surface area contributed by atoms with Crippen LogP contribution in [-0.2, 0) is 11.2 Å². The van der Waals surface area contributed by atoms with Crippen molar-refractivity contribution in [2.24, 2.45) is 5.73 Å². The van der Waals surface area contributed by atoms with Gasteiger partial charge in [-0.1, -0.05) is 25.1 Å². The van der Waals surface area contributed by atoms with Crippen LogP contribution in [0.15, 0.2) is 18.2 Å². The maximum atomic E-state index is 10.6. The van der Waals surface area contributed by atoms with Gasteiger partial charge in [-0.05, 0) is 30.9 Å². The van der Waals surface area contributed by atoms with E-state index in [4.69, 9.17) is 10.8 Å². The zero-order valence-corrected chi connectivity index (χ0v) is 10.4. The lowest BCUT2D eigenvalue weighted by Gasteiger charge is -2.14. The Labute approximate surface area is 102 Å². The molecule has 1 unspecified atom stereocenters. The first-order chi connectivity index (χ1) is 8.06. The first-order valence-corrected chi connectivity index (χ1v) is 5.87. The minimum atomic E-state index is -0.952. The summed E-state index contributed by atoms with van der Waals surface area (Å²) in [5, 5.41) is 12.0. The topological polar surface area (TPSA) is 75.3 Å². The van der Waals surface area contributed by atoms with Crippen molar-refractivity contribution in [3.05, 3.63) is 29.3 Å². The Morgan fingerprint density at radius 3 is 2.82 bits per heavy atom. The number of hydrogen-bond acceptors (Lipinski definition) is 3. The third kappa shape index (κ3) is 3.75. The Balaban J connectivity index is 2.60. The number of carbonyl (C=O) groups is 1. The zero-order valence-electron chi connectivity index (χ0n) is 10.4. The quantitative estimate of drug-likeness (QED) is 0.703. The van der Waals surface area contributed by atoms with Crippen LogP contribution in [0, 0.1) is 6.92 Å². The molecule has 0 bridgehead atoms. The molecule has 0 aliphatic rings. The number of nitrogens with two attached hydrogens (primary N) is 1. The van der Waals surface area contributed by atoms with E-state index in [0.717, 1.165) is 12.1 Å². The van der Waals surface area contributed by atoms with Crippen molar-refractivity contribution in [1.29, 1.82) is 0 Å². The molecule has 4 heteroatoms. The number of aliphatic carboxylic acids is 1. The van der Waals surface area contributed by atoms with Crippen molar-refractivity contribution in [2.45, 2.75) is 32.7 Å². The van der Waals surface area contributed by atoms with E-state index in [9.17, 15) is 4.79 Å². The third-order valence-corrected chi connectivity index (χ3v) is 2.81. The van der Waals surface area contributed by atoms with Crippen LogP contribution in [0.4, 0.5) is 5.69 Å². The standard InChI is InChI=1S/C13H20N2O2/c1-3-10-6-4-5-9(2)12(10)15-8-7-11(14)13(16)17/h4-6,11,15H,3,7-8,14H2,1-2H3,(H,16,17). The molecular formula is C13H20N2O2. The van der Waals surface area contributed by atoms with E-state index in [1.807, 2.05) is 19.1 Å². The first kappa shape index (κ1) is 13.5. The number of rotatable bonds is 6. The van der Waals surface area contributed by atoms with Crippen molar-refractivity contribution in [2.75, 3.05) is 11.9 Å². The summed E-state index contributed by atoms with van der Waals surface area (Å²) in [4.78, 5) is 10.6. The molecule has 1 rings (SSSR count). The predicted molar refractivity (Wildman–Crippen MR) is 69.3 cm³/mol. The highest BCUT2D eigenvalue weighted by molar-refractivity contribution is 5.73. The molecular weight excluding hydrogens is 216 g/mol. The average Bonchev–Trinajstić information content (AvgIpc) is 2.30. The van der Waals surface area contributed by atoms with Crippen molar-refractivity contribution in [1.82, 2.24) is 0 Å². The summed E-state index contributed by atoms with van der Waals surface area (Å²) in [7, 11) is 0. The van der Waals surface area contributed by atoms with Crippen LogP contribution in [0.1, 0.15) is 24.5 Å². The van der Waals surface area contributed by atoms with Gasteiger partial charge in [0.25, 0.3) is 0 Å². The van der Waals surface area contributed by atoms with E-state index in [1.165, 1.54) is 11.1 Å². The fraction of sp³-hybridized carbons (Fsp3) is 0.462. The van der Waals surface area contributed by atoms with Crippen molar-refractivity contribution >= 4 is 11.7 Å². The molecule has 1 aromatic carbocycles. The number of anilines is 1. The number of aryl methyl sites for hydroxylation is 2. The SMILES string of the molecule is CCc1cccc(C)c1NCCC(N)C(=O)O. The Bertz CT molecular complexity index is 391. The lowest BCUT2D eigenvalue weighted by atomic mass is 10.1. The van der Waals surface area contributed by atoms with Crippen LogP contribution in [0.2, 0.25) is 0 Å². The van der Waals surface area contributed by atoms with E-state index >= 15 is 0 Å². The van der Waals surface area contributed by atoms with Gasteiger partial charge < -0.3 is 16.2 Å². The lowest BCUT2D eigenvalue weighted by Crippen LogP contribution is -2.32. The smallest absolute Gasteiger partial charge is 0.320 e. The zero-order chi connectivity index (χ0) is 12.8. The van der Waals surface area contributed by atoms with Gasteiger partial charge in [-0.3, -0.25) is 4.79 Å². The van der Waals surface area contributed by atoms with Crippen molar-refractivity contribution < 1.29 is 9.90 Å². The normalized spacial score (nSPS) is 12.2. The van der Waals surface area contributed by atoms with Crippen LogP contribution in [-0.4, -0.2) is 23.7 Å². The molecule has 1 atom stereocenters. The average molecular weight is 236 g/mol. The van der Waals surface area contributed by atoms with E-state index in [2.05, 4.69) is 18.3 Å². The summed E-state index contributed by atoms with van der Waals surface area (Å²) in [6, 6.07) is 5.35. The highest BCUT2D eigenvalue weighted by Crippen LogP contribution is 2.20. The molecule has 0 aromatic heterocycles. The Hall–Kier alpha value is -1.55. The fourth-order valence-electron chi connectivity index (χ4n) is 1.75. The van der Waals surface area contributed by atoms with E-state index < -0.39 is 12.0 Å². The van der Waals surface area contributed by atoms with Crippen LogP contribution in [0.25, 0.3) is 0 Å². The molecule has 0 saturated heterocycles. The number of benzene rings is 1. The molecule has 94 valence electrons. The minimum absolute atomic E-state index is 0.423. The van der Waals surface area contributed by atoms with E-state index in [-0.39, 0.29) is 0 Å². The van der Waals surface area contributed by atoms with Crippen LogP contribution in [0.5, 0.6) is 0 Å². The molecule has 1 aromatic rings. The second kappa shape index (κ2) is 6.25. The summed E-state index contributed by atoms with van der Waals surface area (Å²) >= 11 is 0. The molecule has 17 heavy (non-hydrogen) atoms. The summed E-state index contributed by atoms with van der Waals surface area (Å²) < 4.78 is 0. The first-order valence-electron chi connectivity index (χ1n) is 5.87. The predicted octanol–water partition coefficient (Wildman–Crippen LogP) is 1.77. The molecule has 4 N–H and O–H groups in total. The van der Waals surface area contributed by atoms with Gasteiger partial charge in [-0.25, -0.2) is 0 Å². The highest BCUT2D eigenvalue weighted by Gasteiger charge is 2.11. The van der Waals surface area contributed by atoms with Crippen molar-refractivity contribution in [3.8, 4) is 0 Å². The fourth-order valence-corrected chi connectivity index (χ4v) is 1.75. The molecule has 0 spiro atoms. The van der Waals surface area contributed by atoms with Gasteiger partial charge in [-0.2, -0.15) is 0 Å². The highest BCUT2D eigenvalue weighted by atomic mass is 16.4. The Morgan fingerprint density at radius 1 is 1.53 bits per heavy atom.